The van der Waals surface area contributed by atoms with Crippen molar-refractivity contribution in [1.29, 1.82) is 0 Å². The Morgan fingerprint density at radius 2 is 1.51 bits per heavy atom. The van der Waals surface area contributed by atoms with Gasteiger partial charge in [-0.1, -0.05) is 87.5 Å². The lowest BCUT2D eigenvalue weighted by molar-refractivity contribution is 0.00917. The molecule has 1 amide bonds. The fourth-order valence-electron chi connectivity index (χ4n) is 5.25. The quantitative estimate of drug-likeness (QED) is 0.291. The molecule has 4 atom stereocenters. The van der Waals surface area contributed by atoms with Gasteiger partial charge in [0, 0.05) is 17.4 Å². The number of ether oxygens (including phenoxy) is 3. The number of hydrogen-bond acceptors (Lipinski definition) is 7. The zero-order valence-corrected chi connectivity index (χ0v) is 23.4. The van der Waals surface area contributed by atoms with Crippen molar-refractivity contribution in [2.24, 2.45) is 0 Å². The highest BCUT2D eigenvalue weighted by Crippen LogP contribution is 2.31. The van der Waals surface area contributed by atoms with Crippen LogP contribution in [-0.2, 0) is 19.6 Å². The number of aromatic nitrogens is 2. The van der Waals surface area contributed by atoms with Crippen molar-refractivity contribution in [3.63, 3.8) is 0 Å². The molecular formula is C33H34N4O4. The second kappa shape index (κ2) is 11.3. The van der Waals surface area contributed by atoms with Gasteiger partial charge in [0.25, 0.3) is 0 Å². The first-order valence-electron chi connectivity index (χ1n) is 13.9. The van der Waals surface area contributed by atoms with Gasteiger partial charge in [0.15, 0.2) is 6.10 Å². The molecule has 0 aliphatic carbocycles. The first-order chi connectivity index (χ1) is 19.8. The van der Waals surface area contributed by atoms with Gasteiger partial charge in [-0.3, -0.25) is 5.32 Å². The molecule has 2 fully saturated rings. The van der Waals surface area contributed by atoms with Gasteiger partial charge in [0.2, 0.25) is 5.95 Å². The third-order valence-corrected chi connectivity index (χ3v) is 7.52. The highest BCUT2D eigenvalue weighted by Gasteiger charge is 2.49. The molecule has 3 heterocycles. The summed E-state index contributed by atoms with van der Waals surface area (Å²) in [5.74, 6) is 0.494. The average molecular weight is 551 g/mol. The smallest absolute Gasteiger partial charge is 0.412 e. The highest BCUT2D eigenvalue weighted by atomic mass is 16.6. The number of anilines is 2. The van der Waals surface area contributed by atoms with E-state index in [1.165, 1.54) is 11.1 Å². The fourth-order valence-corrected chi connectivity index (χ4v) is 5.25. The van der Waals surface area contributed by atoms with E-state index in [0.29, 0.717) is 18.2 Å². The number of nitrogens with zero attached hydrogens (tertiary/aromatic N) is 2. The molecule has 6 rings (SSSR count). The predicted molar refractivity (Wildman–Crippen MR) is 159 cm³/mol. The van der Waals surface area contributed by atoms with Gasteiger partial charge in [-0.2, -0.15) is 0 Å². The summed E-state index contributed by atoms with van der Waals surface area (Å²) >= 11 is 0. The van der Waals surface area contributed by atoms with E-state index in [2.05, 4.69) is 72.8 Å². The number of fused-ring (bicyclic) bond motifs is 1. The average Bonchev–Trinajstić information content (AvgIpc) is 3.56. The lowest BCUT2D eigenvalue weighted by atomic mass is 9.87. The summed E-state index contributed by atoms with van der Waals surface area (Å²) in [7, 11) is 0. The lowest BCUT2D eigenvalue weighted by Crippen LogP contribution is -2.38. The minimum absolute atomic E-state index is 0.0418. The molecule has 4 aromatic rings. The van der Waals surface area contributed by atoms with Crippen molar-refractivity contribution < 1.29 is 19.0 Å². The predicted octanol–water partition coefficient (Wildman–Crippen LogP) is 6.30. The number of carbonyl (C=O) groups excluding carboxylic acids is 1. The molecule has 41 heavy (non-hydrogen) atoms. The molecule has 0 radical (unpaired) electrons. The normalized spacial score (nSPS) is 21.7. The summed E-state index contributed by atoms with van der Waals surface area (Å²) in [6.45, 7) is 7.11. The summed E-state index contributed by atoms with van der Waals surface area (Å²) in [5.41, 5.74) is 6.05. The second-order valence-electron chi connectivity index (χ2n) is 11.5. The zero-order chi connectivity index (χ0) is 28.4. The molecule has 8 nitrogen and oxygen atoms in total. The van der Waals surface area contributed by atoms with Gasteiger partial charge >= 0.3 is 6.09 Å². The lowest BCUT2D eigenvalue weighted by Gasteiger charge is -2.20. The molecule has 2 saturated heterocycles. The van der Waals surface area contributed by atoms with Gasteiger partial charge in [0.1, 0.15) is 12.2 Å². The molecule has 2 aliphatic rings. The second-order valence-corrected chi connectivity index (χ2v) is 11.5. The first-order valence-corrected chi connectivity index (χ1v) is 13.9. The summed E-state index contributed by atoms with van der Waals surface area (Å²) in [5, 5.41) is 6.17. The van der Waals surface area contributed by atoms with Crippen LogP contribution in [0.3, 0.4) is 0 Å². The molecule has 210 valence electrons. The van der Waals surface area contributed by atoms with Crippen LogP contribution in [0.25, 0.3) is 22.4 Å². The molecule has 2 aliphatic heterocycles. The van der Waals surface area contributed by atoms with Crippen LogP contribution in [-0.4, -0.2) is 53.6 Å². The molecule has 0 spiro atoms. The largest absolute Gasteiger partial charge is 0.441 e. The Balaban J connectivity index is 1.05. The van der Waals surface area contributed by atoms with Gasteiger partial charge in [-0.25, -0.2) is 14.8 Å². The summed E-state index contributed by atoms with van der Waals surface area (Å²) in [6, 6.07) is 28.1. The van der Waals surface area contributed by atoms with E-state index >= 15 is 0 Å². The number of amides is 1. The minimum atomic E-state index is -0.530. The summed E-state index contributed by atoms with van der Waals surface area (Å²) in [6.07, 6.45) is 0.0580. The number of nitrogens with one attached hydrogen (secondary N) is 2. The van der Waals surface area contributed by atoms with Crippen molar-refractivity contribution in [3.05, 3.63) is 96.7 Å². The van der Waals surface area contributed by atoms with Gasteiger partial charge in [-0.05, 0) is 40.3 Å². The number of benzene rings is 3. The summed E-state index contributed by atoms with van der Waals surface area (Å²) in [4.78, 5) is 21.7. The molecular weight excluding hydrogens is 516 g/mol. The van der Waals surface area contributed by atoms with Crippen LogP contribution < -0.4 is 10.6 Å². The maximum atomic E-state index is 12.6. The van der Waals surface area contributed by atoms with E-state index in [-0.39, 0.29) is 30.3 Å². The van der Waals surface area contributed by atoms with Crippen molar-refractivity contribution in [3.8, 4) is 22.4 Å². The molecule has 3 aromatic carbocycles. The third-order valence-electron chi connectivity index (χ3n) is 7.52. The maximum Gasteiger partial charge on any atom is 0.412 e. The van der Waals surface area contributed by atoms with Gasteiger partial charge in [0.05, 0.1) is 24.9 Å². The molecule has 0 bridgehead atoms. The maximum absolute atomic E-state index is 12.6. The Morgan fingerprint density at radius 3 is 2.24 bits per heavy atom. The van der Waals surface area contributed by atoms with Crippen LogP contribution in [0.4, 0.5) is 16.4 Å². The van der Waals surface area contributed by atoms with E-state index in [0.717, 1.165) is 16.8 Å². The Labute approximate surface area is 240 Å². The van der Waals surface area contributed by atoms with Crippen LogP contribution in [0.5, 0.6) is 0 Å². The highest BCUT2D eigenvalue weighted by molar-refractivity contribution is 5.84. The van der Waals surface area contributed by atoms with E-state index in [4.69, 9.17) is 19.2 Å². The van der Waals surface area contributed by atoms with E-state index in [9.17, 15) is 4.79 Å². The van der Waals surface area contributed by atoms with Crippen LogP contribution in [0.2, 0.25) is 0 Å². The van der Waals surface area contributed by atoms with Crippen LogP contribution in [0.1, 0.15) is 26.3 Å². The van der Waals surface area contributed by atoms with E-state index < -0.39 is 12.2 Å². The first kappa shape index (κ1) is 26.9. The number of hydrogen-bond donors (Lipinski definition) is 2. The van der Waals surface area contributed by atoms with Crippen molar-refractivity contribution in [2.45, 2.75) is 50.5 Å². The van der Waals surface area contributed by atoms with Crippen LogP contribution in [0.15, 0.2) is 91.1 Å². The SMILES string of the molecule is CC(C)(C)c1ccc(NC(=O)OC2COC3C(Nc4nccc(-c5ccc(-c6ccccc6)cc5)n4)COC23)cc1. The molecule has 2 N–H and O–H groups in total. The van der Waals surface area contributed by atoms with Crippen molar-refractivity contribution in [2.75, 3.05) is 23.8 Å². The summed E-state index contributed by atoms with van der Waals surface area (Å²) < 4.78 is 17.7. The third kappa shape index (κ3) is 6.09. The van der Waals surface area contributed by atoms with Gasteiger partial charge < -0.3 is 19.5 Å². The Bertz CT molecular complexity index is 1490. The molecule has 8 heteroatoms. The monoisotopic (exact) mass is 550 g/mol. The minimum Gasteiger partial charge on any atom is -0.441 e. The van der Waals surface area contributed by atoms with Crippen LogP contribution >= 0.6 is 0 Å². The zero-order valence-electron chi connectivity index (χ0n) is 23.4. The van der Waals surface area contributed by atoms with Gasteiger partial charge in [-0.15, -0.1) is 0 Å². The fraction of sp³-hybridized carbons (Fsp3) is 0.303. The molecule has 1 aromatic heterocycles. The van der Waals surface area contributed by atoms with Crippen LogP contribution in [0, 0.1) is 0 Å². The van der Waals surface area contributed by atoms with Crippen molar-refractivity contribution >= 4 is 17.7 Å². The molecule has 0 saturated carbocycles. The Morgan fingerprint density at radius 1 is 0.829 bits per heavy atom. The van der Waals surface area contributed by atoms with E-state index in [1.807, 2.05) is 48.5 Å². The number of rotatable bonds is 6. The van der Waals surface area contributed by atoms with Crippen molar-refractivity contribution in [1.82, 2.24) is 9.97 Å². The topological polar surface area (TPSA) is 94.6 Å². The van der Waals surface area contributed by atoms with E-state index in [1.54, 1.807) is 6.20 Å². The Hall–Kier alpha value is -4.27. The number of carbonyl (C=O) groups is 1. The standard InChI is InChI=1S/C33H34N4O4/c1-33(2,3)24-13-15-25(16-14-24)35-32(38)41-28-20-40-29-27(19-39-30(28)29)37-31-34-18-17-26(36-31)23-11-9-22(10-12-23)21-7-5-4-6-8-21/h4-18,27-30H,19-20H2,1-3H3,(H,35,38)(H,34,36,37). The Kier molecular flexibility index (Phi) is 7.43. The molecule has 4 unspecified atom stereocenters.